The molecule has 3 aromatic rings. The van der Waals surface area contributed by atoms with Crippen molar-refractivity contribution in [2.45, 2.75) is 46.1 Å². The van der Waals surface area contributed by atoms with Crippen molar-refractivity contribution in [2.75, 3.05) is 16.8 Å². The number of aromatic nitrogens is 2. The van der Waals surface area contributed by atoms with Crippen molar-refractivity contribution in [1.29, 1.82) is 0 Å². The second kappa shape index (κ2) is 8.96. The van der Waals surface area contributed by atoms with Crippen LogP contribution >= 0.6 is 12.2 Å². The lowest BCUT2D eigenvalue weighted by Crippen LogP contribution is -2.36. The van der Waals surface area contributed by atoms with Crippen molar-refractivity contribution in [3.05, 3.63) is 97.7 Å². The van der Waals surface area contributed by atoms with Gasteiger partial charge in [-0.3, -0.25) is 14.6 Å². The molecule has 0 unspecified atom stereocenters. The van der Waals surface area contributed by atoms with E-state index in [2.05, 4.69) is 77.4 Å². The smallest absolute Gasteiger partial charge is 0.257 e. The maximum absolute atomic E-state index is 13.4. The van der Waals surface area contributed by atoms with E-state index in [-0.39, 0.29) is 21.5 Å². The molecule has 2 aromatic carbocycles. The van der Waals surface area contributed by atoms with E-state index >= 15 is 0 Å². The molecule has 0 saturated carbocycles. The number of hydrogen-bond donors (Lipinski definition) is 3. The van der Waals surface area contributed by atoms with Gasteiger partial charge >= 0.3 is 0 Å². The van der Waals surface area contributed by atoms with Crippen molar-refractivity contribution in [3.8, 4) is 0 Å². The van der Waals surface area contributed by atoms with Crippen LogP contribution in [0.4, 0.5) is 11.5 Å². The number of carbonyl (C=O) groups is 1. The molecule has 1 aliphatic heterocycles. The van der Waals surface area contributed by atoms with Crippen molar-refractivity contribution in [3.63, 3.8) is 0 Å². The van der Waals surface area contributed by atoms with Gasteiger partial charge in [-0.25, -0.2) is 0 Å². The van der Waals surface area contributed by atoms with Crippen molar-refractivity contribution >= 4 is 29.5 Å². The van der Waals surface area contributed by atoms with Gasteiger partial charge in [0.2, 0.25) is 0 Å². The quantitative estimate of drug-likeness (QED) is 0.406. The number of aromatic amines is 2. The summed E-state index contributed by atoms with van der Waals surface area (Å²) in [4.78, 5) is 34.6. The third kappa shape index (κ3) is 4.48. The zero-order chi connectivity index (χ0) is 24.7. The van der Waals surface area contributed by atoms with Gasteiger partial charge in [0.15, 0.2) is 10.6 Å². The minimum absolute atomic E-state index is 0.0876. The Hall–Kier alpha value is -3.45. The van der Waals surface area contributed by atoms with Crippen LogP contribution in [0.3, 0.4) is 0 Å². The van der Waals surface area contributed by atoms with Crippen LogP contribution in [0.15, 0.2) is 70.7 Å². The summed E-state index contributed by atoms with van der Waals surface area (Å²) in [6.45, 7) is 8.01. The van der Waals surface area contributed by atoms with Crippen molar-refractivity contribution < 1.29 is 4.79 Å². The van der Waals surface area contributed by atoms with Gasteiger partial charge < -0.3 is 15.2 Å². The normalized spacial score (nSPS) is 18.5. The fraction of sp³-hybridized carbons (Fsp3) is 0.321. The highest BCUT2D eigenvalue weighted by Crippen LogP contribution is 2.47. The van der Waals surface area contributed by atoms with Crippen LogP contribution < -0.4 is 15.8 Å². The predicted molar refractivity (Wildman–Crippen MR) is 142 cm³/mol. The van der Waals surface area contributed by atoms with Gasteiger partial charge in [-0.1, -0.05) is 56.3 Å². The molecule has 1 aliphatic carbocycles. The Kier molecular flexibility index (Phi) is 5.97. The topological polar surface area (TPSA) is 81.0 Å². The lowest BCUT2D eigenvalue weighted by atomic mass is 9.69. The Balaban J connectivity index is 1.57. The molecule has 3 N–H and O–H groups in total. The number of carbonyl (C=O) groups excluding carboxylic acids is 1. The molecule has 2 aliphatic rings. The zero-order valence-corrected chi connectivity index (χ0v) is 21.1. The first kappa shape index (κ1) is 23.3. The highest BCUT2D eigenvalue weighted by Gasteiger charge is 2.42. The number of hydrogen-bond acceptors (Lipinski definition) is 5. The van der Waals surface area contributed by atoms with E-state index in [0.29, 0.717) is 23.4 Å². The summed E-state index contributed by atoms with van der Waals surface area (Å²) in [5.41, 5.74) is 4.93. The van der Waals surface area contributed by atoms with Gasteiger partial charge in [-0.15, -0.1) is 0 Å². The van der Waals surface area contributed by atoms with Crippen LogP contribution in [0.5, 0.6) is 0 Å². The van der Waals surface area contributed by atoms with E-state index in [1.807, 2.05) is 18.2 Å². The van der Waals surface area contributed by atoms with E-state index < -0.39 is 5.92 Å². The van der Waals surface area contributed by atoms with E-state index in [1.165, 1.54) is 5.56 Å². The SMILES string of the molecule is CCN(Cc1ccccc1)c1ccc([C@H]2C3=C(CC(C)(C)CC3=O)Nc3[nH]c(=S)[nH]c(=O)c32)cc1. The van der Waals surface area contributed by atoms with Crippen LogP contribution in [0.1, 0.15) is 56.2 Å². The first-order valence-electron chi connectivity index (χ1n) is 12.0. The Morgan fingerprint density at radius 2 is 1.71 bits per heavy atom. The molecule has 180 valence electrons. The molecule has 6 nitrogen and oxygen atoms in total. The van der Waals surface area contributed by atoms with Gasteiger partial charge in [-0.2, -0.15) is 0 Å². The highest BCUT2D eigenvalue weighted by molar-refractivity contribution is 7.71. The van der Waals surface area contributed by atoms with Crippen LogP contribution in [0, 0.1) is 10.2 Å². The maximum atomic E-state index is 13.4. The number of nitrogens with one attached hydrogen (secondary N) is 3. The predicted octanol–water partition coefficient (Wildman–Crippen LogP) is 5.66. The summed E-state index contributed by atoms with van der Waals surface area (Å²) in [6.07, 6.45) is 1.19. The van der Waals surface area contributed by atoms with E-state index in [0.717, 1.165) is 36.5 Å². The molecule has 2 heterocycles. The number of rotatable bonds is 5. The standard InChI is InChI=1S/C28H30N4O2S/c1-4-32(16-17-8-6-5-7-9-17)19-12-10-18(11-13-19)22-23-20(14-28(2,3)15-21(23)33)29-25-24(22)26(34)31-27(35)30-25/h5-13,22H,4,14-16H2,1-3H3,(H3,29,30,31,34,35)/t22-/m0/s1. The molecule has 0 fully saturated rings. The second-order valence-electron chi connectivity index (χ2n) is 10.2. The third-order valence-corrected chi connectivity index (χ3v) is 7.15. The van der Waals surface area contributed by atoms with Gasteiger partial charge in [0.25, 0.3) is 5.56 Å². The number of Topliss-reactive ketones (excluding diaryl/α,β-unsaturated/α-hetero) is 1. The molecule has 0 amide bonds. The average molecular weight is 487 g/mol. The van der Waals surface area contributed by atoms with Gasteiger partial charge in [0.05, 0.1) is 5.56 Å². The Labute approximate surface area is 210 Å². The monoisotopic (exact) mass is 486 g/mol. The Morgan fingerprint density at radius 1 is 1.00 bits per heavy atom. The number of benzene rings is 2. The molecule has 0 radical (unpaired) electrons. The zero-order valence-electron chi connectivity index (χ0n) is 20.3. The lowest BCUT2D eigenvalue weighted by Gasteiger charge is -2.38. The van der Waals surface area contributed by atoms with Crippen LogP contribution in [0.25, 0.3) is 0 Å². The summed E-state index contributed by atoms with van der Waals surface area (Å²) in [6, 6.07) is 18.6. The molecule has 0 spiro atoms. The summed E-state index contributed by atoms with van der Waals surface area (Å²) in [5.74, 6) is 0.222. The third-order valence-electron chi connectivity index (χ3n) is 6.94. The van der Waals surface area contributed by atoms with Crippen molar-refractivity contribution in [2.24, 2.45) is 5.41 Å². The molecule has 5 rings (SSSR count). The van der Waals surface area contributed by atoms with Crippen LogP contribution in [0.2, 0.25) is 0 Å². The largest absolute Gasteiger partial charge is 0.367 e. The fourth-order valence-electron chi connectivity index (χ4n) is 5.35. The molecule has 0 saturated heterocycles. The van der Waals surface area contributed by atoms with E-state index in [9.17, 15) is 9.59 Å². The summed E-state index contributed by atoms with van der Waals surface area (Å²) < 4.78 is 0.264. The minimum atomic E-state index is -0.446. The van der Waals surface area contributed by atoms with Gasteiger partial charge in [0.1, 0.15) is 5.82 Å². The number of H-pyrrole nitrogens is 2. The molecule has 1 aromatic heterocycles. The maximum Gasteiger partial charge on any atom is 0.257 e. The molecule has 0 bridgehead atoms. The summed E-state index contributed by atoms with van der Waals surface area (Å²) >= 11 is 5.23. The number of allylic oxidation sites excluding steroid dienone is 2. The first-order valence-corrected chi connectivity index (χ1v) is 12.4. The molecule has 1 atom stereocenters. The highest BCUT2D eigenvalue weighted by atomic mass is 32.1. The Morgan fingerprint density at radius 3 is 2.40 bits per heavy atom. The van der Waals surface area contributed by atoms with E-state index in [1.54, 1.807) is 0 Å². The number of nitrogens with zero attached hydrogens (tertiary/aromatic N) is 1. The number of fused-ring (bicyclic) bond motifs is 1. The minimum Gasteiger partial charge on any atom is -0.367 e. The average Bonchev–Trinajstić information content (AvgIpc) is 2.81. The van der Waals surface area contributed by atoms with E-state index in [4.69, 9.17) is 12.2 Å². The first-order chi connectivity index (χ1) is 16.8. The molecular formula is C28H30N4O2S. The summed E-state index contributed by atoms with van der Waals surface area (Å²) in [5, 5.41) is 3.34. The molecular weight excluding hydrogens is 456 g/mol. The number of ketones is 1. The fourth-order valence-corrected chi connectivity index (χ4v) is 5.54. The van der Waals surface area contributed by atoms with Crippen LogP contribution in [-0.2, 0) is 11.3 Å². The van der Waals surface area contributed by atoms with Gasteiger partial charge in [-0.05, 0) is 54.2 Å². The molecule has 7 heteroatoms. The summed E-state index contributed by atoms with van der Waals surface area (Å²) in [7, 11) is 0. The van der Waals surface area contributed by atoms with Crippen molar-refractivity contribution in [1.82, 2.24) is 9.97 Å². The lowest BCUT2D eigenvalue weighted by molar-refractivity contribution is -0.118. The van der Waals surface area contributed by atoms with Gasteiger partial charge in [0, 0.05) is 42.4 Å². The second-order valence-corrected chi connectivity index (χ2v) is 10.6. The molecule has 35 heavy (non-hydrogen) atoms. The van der Waals surface area contributed by atoms with Crippen LogP contribution in [-0.4, -0.2) is 22.3 Å². The number of anilines is 2. The Bertz CT molecular complexity index is 1420.